The van der Waals surface area contributed by atoms with Crippen LogP contribution >= 0.6 is 0 Å². The molecule has 0 radical (unpaired) electrons. The number of rotatable bonds is 2. The van der Waals surface area contributed by atoms with Gasteiger partial charge in [0.15, 0.2) is 5.79 Å². The zero-order valence-electron chi connectivity index (χ0n) is 7.04. The molecule has 0 aromatic carbocycles. The van der Waals surface area contributed by atoms with E-state index in [-0.39, 0.29) is 12.2 Å². The van der Waals surface area contributed by atoms with Crippen molar-refractivity contribution in [2.45, 2.75) is 31.8 Å². The first kappa shape index (κ1) is 8.93. The lowest BCUT2D eigenvalue weighted by Crippen LogP contribution is -2.35. The molecule has 1 aliphatic rings. The molecule has 0 spiro atoms. The fraction of sp³-hybridized carbons (Fsp3) is 1.00. The van der Waals surface area contributed by atoms with E-state index < -0.39 is 5.79 Å². The van der Waals surface area contributed by atoms with Crippen LogP contribution in [-0.2, 0) is 9.47 Å². The summed E-state index contributed by atoms with van der Waals surface area (Å²) in [6.45, 7) is 4.66. The van der Waals surface area contributed by atoms with Gasteiger partial charge in [0.2, 0.25) is 0 Å². The lowest BCUT2D eigenvalue weighted by Gasteiger charge is -2.16. The zero-order chi connectivity index (χ0) is 8.48. The molecule has 11 heavy (non-hydrogen) atoms. The average molecular weight is 160 g/mol. The summed E-state index contributed by atoms with van der Waals surface area (Å²) in [5.74, 6) is -0.520. The lowest BCUT2D eigenvalue weighted by molar-refractivity contribution is -0.144. The van der Waals surface area contributed by atoms with Crippen molar-refractivity contribution < 1.29 is 9.47 Å². The van der Waals surface area contributed by atoms with Crippen LogP contribution in [-0.4, -0.2) is 31.1 Å². The minimum atomic E-state index is -0.520. The van der Waals surface area contributed by atoms with Crippen LogP contribution in [0.25, 0.3) is 0 Å². The quantitative estimate of drug-likeness (QED) is 0.567. The molecule has 1 heterocycles. The van der Waals surface area contributed by atoms with Crippen molar-refractivity contribution in [2.24, 2.45) is 11.5 Å². The highest BCUT2D eigenvalue weighted by Crippen LogP contribution is 2.26. The monoisotopic (exact) mass is 160 g/mol. The van der Waals surface area contributed by atoms with Crippen LogP contribution in [0.4, 0.5) is 0 Å². The average Bonchev–Trinajstić information content (AvgIpc) is 2.25. The highest BCUT2D eigenvalue weighted by Gasteiger charge is 2.39. The predicted molar refractivity (Wildman–Crippen MR) is 41.9 cm³/mol. The highest BCUT2D eigenvalue weighted by molar-refractivity contribution is 4.82. The van der Waals surface area contributed by atoms with E-state index in [1.54, 1.807) is 0 Å². The normalized spacial score (nSPS) is 36.0. The van der Waals surface area contributed by atoms with Crippen molar-refractivity contribution in [3.8, 4) is 0 Å². The molecule has 0 aliphatic carbocycles. The van der Waals surface area contributed by atoms with Gasteiger partial charge in [-0.3, -0.25) is 0 Å². The van der Waals surface area contributed by atoms with Crippen molar-refractivity contribution in [3.63, 3.8) is 0 Å². The van der Waals surface area contributed by atoms with Crippen molar-refractivity contribution in [2.75, 3.05) is 13.1 Å². The SMILES string of the molecule is CC1(C)O[C@@H](CN)[C@H](CN)O1. The van der Waals surface area contributed by atoms with Gasteiger partial charge in [0.1, 0.15) is 12.2 Å². The fourth-order valence-corrected chi connectivity index (χ4v) is 1.31. The summed E-state index contributed by atoms with van der Waals surface area (Å²) < 4.78 is 10.9. The summed E-state index contributed by atoms with van der Waals surface area (Å²) >= 11 is 0. The van der Waals surface area contributed by atoms with Crippen LogP contribution in [0.5, 0.6) is 0 Å². The number of nitrogens with two attached hydrogens (primary N) is 2. The first-order valence-corrected chi connectivity index (χ1v) is 3.85. The second kappa shape index (κ2) is 3.06. The maximum atomic E-state index is 5.47. The molecule has 4 heteroatoms. The molecule has 0 bridgehead atoms. The first-order chi connectivity index (χ1) is 5.09. The molecule has 1 fully saturated rings. The van der Waals surface area contributed by atoms with Gasteiger partial charge in [-0.1, -0.05) is 0 Å². The first-order valence-electron chi connectivity index (χ1n) is 3.85. The van der Waals surface area contributed by atoms with E-state index in [4.69, 9.17) is 20.9 Å². The van der Waals surface area contributed by atoms with Gasteiger partial charge in [-0.25, -0.2) is 0 Å². The molecule has 66 valence electrons. The third-order valence-electron chi connectivity index (χ3n) is 1.75. The van der Waals surface area contributed by atoms with Gasteiger partial charge in [0.25, 0.3) is 0 Å². The van der Waals surface area contributed by atoms with Crippen molar-refractivity contribution in [1.82, 2.24) is 0 Å². The van der Waals surface area contributed by atoms with E-state index in [0.717, 1.165) is 0 Å². The molecule has 0 saturated carbocycles. The molecule has 1 saturated heterocycles. The second-order valence-electron chi connectivity index (χ2n) is 3.18. The van der Waals surface area contributed by atoms with Crippen LogP contribution in [0, 0.1) is 0 Å². The van der Waals surface area contributed by atoms with Crippen LogP contribution in [0.1, 0.15) is 13.8 Å². The molecule has 1 aliphatic heterocycles. The Morgan fingerprint density at radius 1 is 1.09 bits per heavy atom. The van der Waals surface area contributed by atoms with Crippen molar-refractivity contribution in [3.05, 3.63) is 0 Å². The number of ether oxygens (including phenoxy) is 2. The molecule has 4 nitrogen and oxygen atoms in total. The Bertz CT molecular complexity index is 124. The van der Waals surface area contributed by atoms with E-state index in [2.05, 4.69) is 0 Å². The Morgan fingerprint density at radius 2 is 1.45 bits per heavy atom. The molecule has 0 unspecified atom stereocenters. The third-order valence-corrected chi connectivity index (χ3v) is 1.75. The largest absolute Gasteiger partial charge is 0.343 e. The Balaban J connectivity index is 2.55. The number of hydrogen-bond donors (Lipinski definition) is 2. The van der Waals surface area contributed by atoms with Crippen molar-refractivity contribution in [1.29, 1.82) is 0 Å². The molecule has 0 aromatic rings. The molecule has 2 atom stereocenters. The zero-order valence-corrected chi connectivity index (χ0v) is 7.04. The minimum Gasteiger partial charge on any atom is -0.343 e. The molecule has 4 N–H and O–H groups in total. The molecule has 1 rings (SSSR count). The van der Waals surface area contributed by atoms with E-state index in [1.807, 2.05) is 13.8 Å². The fourth-order valence-electron chi connectivity index (χ4n) is 1.31. The van der Waals surface area contributed by atoms with Gasteiger partial charge in [-0.15, -0.1) is 0 Å². The van der Waals surface area contributed by atoms with Gasteiger partial charge in [0.05, 0.1) is 0 Å². The van der Waals surface area contributed by atoms with Crippen LogP contribution in [0.15, 0.2) is 0 Å². The molecule has 0 amide bonds. The summed E-state index contributed by atoms with van der Waals surface area (Å²) in [6.07, 6.45) is -0.0926. The maximum Gasteiger partial charge on any atom is 0.163 e. The van der Waals surface area contributed by atoms with Crippen LogP contribution < -0.4 is 11.5 Å². The smallest absolute Gasteiger partial charge is 0.163 e. The van der Waals surface area contributed by atoms with Crippen molar-refractivity contribution >= 4 is 0 Å². The van der Waals surface area contributed by atoms with E-state index in [0.29, 0.717) is 13.1 Å². The minimum absolute atomic E-state index is 0.0463. The summed E-state index contributed by atoms with van der Waals surface area (Å²) in [4.78, 5) is 0. The van der Waals surface area contributed by atoms with E-state index >= 15 is 0 Å². The van der Waals surface area contributed by atoms with Gasteiger partial charge in [-0.05, 0) is 13.8 Å². The lowest BCUT2D eigenvalue weighted by atomic mass is 10.2. The third kappa shape index (κ3) is 1.90. The van der Waals surface area contributed by atoms with E-state index in [9.17, 15) is 0 Å². The standard InChI is InChI=1S/C7H16N2O2/c1-7(2)10-5(3-8)6(4-9)11-7/h5-6H,3-4,8-9H2,1-2H3/t5-,6-/m0/s1. The molecular weight excluding hydrogens is 144 g/mol. The summed E-state index contributed by atoms with van der Waals surface area (Å²) in [5.41, 5.74) is 10.9. The Morgan fingerprint density at radius 3 is 1.73 bits per heavy atom. The van der Waals surface area contributed by atoms with E-state index in [1.165, 1.54) is 0 Å². The highest BCUT2D eigenvalue weighted by atomic mass is 16.8. The van der Waals surface area contributed by atoms with Gasteiger partial charge < -0.3 is 20.9 Å². The summed E-state index contributed by atoms with van der Waals surface area (Å²) in [7, 11) is 0. The maximum absolute atomic E-state index is 5.47. The Labute approximate surface area is 66.8 Å². The topological polar surface area (TPSA) is 70.5 Å². The Hall–Kier alpha value is -0.160. The second-order valence-corrected chi connectivity index (χ2v) is 3.18. The van der Waals surface area contributed by atoms with Crippen LogP contribution in [0.2, 0.25) is 0 Å². The predicted octanol–water partition coefficient (Wildman–Crippen LogP) is -0.576. The van der Waals surface area contributed by atoms with Gasteiger partial charge in [0, 0.05) is 13.1 Å². The van der Waals surface area contributed by atoms with Gasteiger partial charge in [-0.2, -0.15) is 0 Å². The molecule has 0 aromatic heterocycles. The Kier molecular flexibility index (Phi) is 2.49. The van der Waals surface area contributed by atoms with Crippen LogP contribution in [0.3, 0.4) is 0 Å². The molecular formula is C7H16N2O2. The van der Waals surface area contributed by atoms with Gasteiger partial charge >= 0.3 is 0 Å². The summed E-state index contributed by atoms with van der Waals surface area (Å²) in [5, 5.41) is 0. The number of hydrogen-bond acceptors (Lipinski definition) is 4. The summed E-state index contributed by atoms with van der Waals surface area (Å²) in [6, 6.07) is 0.